The molecule has 0 aromatic carbocycles. The van der Waals surface area contributed by atoms with E-state index in [1.807, 2.05) is 0 Å². The normalized spacial score (nSPS) is 42.5. The molecule has 2 nitrogen and oxygen atoms in total. The zero-order valence-electron chi connectivity index (χ0n) is 11.8. The van der Waals surface area contributed by atoms with Gasteiger partial charge in [-0.15, -0.1) is 0 Å². The van der Waals surface area contributed by atoms with Gasteiger partial charge in [-0.1, -0.05) is 32.1 Å². The number of hydrogen-bond donors (Lipinski definition) is 1. The van der Waals surface area contributed by atoms with E-state index in [2.05, 4.69) is 4.90 Å². The van der Waals surface area contributed by atoms with E-state index in [9.17, 15) is 0 Å². The molecule has 4 atom stereocenters. The Morgan fingerprint density at radius 3 is 2.39 bits per heavy atom. The second-order valence-electron chi connectivity index (χ2n) is 6.94. The van der Waals surface area contributed by atoms with Crippen molar-refractivity contribution in [1.82, 2.24) is 4.90 Å². The van der Waals surface area contributed by atoms with Crippen LogP contribution in [-0.2, 0) is 0 Å². The van der Waals surface area contributed by atoms with E-state index < -0.39 is 0 Å². The van der Waals surface area contributed by atoms with Crippen LogP contribution in [0.2, 0.25) is 0 Å². The Bertz CT molecular complexity index is 266. The lowest BCUT2D eigenvalue weighted by atomic mass is 9.73. The summed E-state index contributed by atoms with van der Waals surface area (Å²) in [6, 6.07) is 0.826. The monoisotopic (exact) mass is 250 g/mol. The van der Waals surface area contributed by atoms with Gasteiger partial charge in [0.15, 0.2) is 0 Å². The topological polar surface area (TPSA) is 29.3 Å². The molecular formula is C16H30N2. The third kappa shape index (κ3) is 2.60. The molecule has 3 rings (SSSR count). The Morgan fingerprint density at radius 1 is 0.833 bits per heavy atom. The molecule has 0 aromatic rings. The molecule has 2 saturated carbocycles. The quantitative estimate of drug-likeness (QED) is 0.816. The van der Waals surface area contributed by atoms with Crippen LogP contribution in [0, 0.1) is 17.8 Å². The van der Waals surface area contributed by atoms with E-state index in [0.717, 1.165) is 30.3 Å². The summed E-state index contributed by atoms with van der Waals surface area (Å²) < 4.78 is 0. The summed E-state index contributed by atoms with van der Waals surface area (Å²) in [5, 5.41) is 0. The molecule has 1 heterocycles. The molecule has 0 aromatic heterocycles. The van der Waals surface area contributed by atoms with Crippen molar-refractivity contribution in [3.05, 3.63) is 0 Å². The Hall–Kier alpha value is -0.0800. The van der Waals surface area contributed by atoms with Crippen molar-refractivity contribution < 1.29 is 0 Å². The van der Waals surface area contributed by atoms with Gasteiger partial charge < -0.3 is 5.73 Å². The number of nitrogens with zero attached hydrogens (tertiary/aromatic N) is 1. The predicted octanol–water partition coefficient (Wildman–Crippen LogP) is 3.02. The maximum absolute atomic E-state index is 6.01. The highest BCUT2D eigenvalue weighted by atomic mass is 15.2. The molecule has 0 amide bonds. The fraction of sp³-hybridized carbons (Fsp3) is 1.00. The molecule has 0 radical (unpaired) electrons. The number of hydrogen-bond acceptors (Lipinski definition) is 2. The Morgan fingerprint density at radius 2 is 1.56 bits per heavy atom. The van der Waals surface area contributed by atoms with Crippen molar-refractivity contribution in [2.75, 3.05) is 19.6 Å². The molecule has 3 aliphatic rings. The number of nitrogens with two attached hydrogens (primary N) is 1. The van der Waals surface area contributed by atoms with E-state index >= 15 is 0 Å². The van der Waals surface area contributed by atoms with E-state index in [-0.39, 0.29) is 0 Å². The van der Waals surface area contributed by atoms with Crippen molar-refractivity contribution in [3.63, 3.8) is 0 Å². The van der Waals surface area contributed by atoms with E-state index in [1.54, 1.807) is 0 Å². The second-order valence-corrected chi connectivity index (χ2v) is 6.94. The Labute approximate surface area is 112 Å². The van der Waals surface area contributed by atoms with Gasteiger partial charge in [0.25, 0.3) is 0 Å². The first-order valence-electron chi connectivity index (χ1n) is 8.32. The maximum atomic E-state index is 6.01. The van der Waals surface area contributed by atoms with Gasteiger partial charge in [0.05, 0.1) is 0 Å². The summed E-state index contributed by atoms with van der Waals surface area (Å²) in [7, 11) is 0. The fourth-order valence-corrected chi connectivity index (χ4v) is 4.87. The Balaban J connectivity index is 1.61. The minimum Gasteiger partial charge on any atom is -0.330 e. The number of likely N-dealkylation sites (tertiary alicyclic amines) is 1. The lowest BCUT2D eigenvalue weighted by Gasteiger charge is -2.47. The molecule has 18 heavy (non-hydrogen) atoms. The van der Waals surface area contributed by atoms with Crippen molar-refractivity contribution >= 4 is 0 Å². The smallest absolute Gasteiger partial charge is 0.0136 e. The first-order chi connectivity index (χ1) is 8.88. The molecule has 2 heteroatoms. The highest BCUT2D eigenvalue weighted by molar-refractivity contribution is 4.90. The van der Waals surface area contributed by atoms with Gasteiger partial charge in [0, 0.05) is 12.6 Å². The van der Waals surface area contributed by atoms with Crippen LogP contribution in [0.5, 0.6) is 0 Å². The predicted molar refractivity (Wildman–Crippen MR) is 76.4 cm³/mol. The zero-order chi connectivity index (χ0) is 12.4. The molecule has 2 aliphatic carbocycles. The van der Waals surface area contributed by atoms with Gasteiger partial charge in [0.1, 0.15) is 0 Å². The molecule has 3 fully saturated rings. The molecule has 2 N–H and O–H groups in total. The molecule has 0 bridgehead atoms. The van der Waals surface area contributed by atoms with Crippen molar-refractivity contribution in [1.29, 1.82) is 0 Å². The standard InChI is InChI=1S/C16H30N2/c17-11-14-6-3-4-8-16(14)18-10-9-13-5-1-2-7-15(13)12-18/h13-16H,1-12,17H2. The SMILES string of the molecule is NCC1CCCCC1N1CCC2CCCCC2C1. The molecule has 4 unspecified atom stereocenters. The van der Waals surface area contributed by atoms with Crippen LogP contribution in [0.4, 0.5) is 0 Å². The van der Waals surface area contributed by atoms with E-state index in [0.29, 0.717) is 0 Å². The average Bonchev–Trinajstić information content (AvgIpc) is 2.46. The zero-order valence-corrected chi connectivity index (χ0v) is 11.8. The third-order valence-corrected chi connectivity index (χ3v) is 5.96. The number of piperidine rings is 1. The van der Waals surface area contributed by atoms with Crippen molar-refractivity contribution in [2.24, 2.45) is 23.5 Å². The lowest BCUT2D eigenvalue weighted by Crippen LogP contribution is -2.51. The van der Waals surface area contributed by atoms with Crippen LogP contribution in [0.15, 0.2) is 0 Å². The van der Waals surface area contributed by atoms with Crippen LogP contribution in [0.25, 0.3) is 0 Å². The van der Waals surface area contributed by atoms with Gasteiger partial charge in [0.2, 0.25) is 0 Å². The number of rotatable bonds is 2. The number of fused-ring (bicyclic) bond motifs is 1. The first-order valence-corrected chi connectivity index (χ1v) is 8.32. The maximum Gasteiger partial charge on any atom is 0.0136 e. The lowest BCUT2D eigenvalue weighted by molar-refractivity contribution is 0.0230. The second kappa shape index (κ2) is 5.92. The molecule has 1 saturated heterocycles. The minimum atomic E-state index is 0.791. The highest BCUT2D eigenvalue weighted by Gasteiger charge is 2.36. The van der Waals surface area contributed by atoms with Crippen LogP contribution in [0.1, 0.15) is 57.8 Å². The minimum absolute atomic E-state index is 0.791. The van der Waals surface area contributed by atoms with Crippen LogP contribution < -0.4 is 5.73 Å². The third-order valence-electron chi connectivity index (χ3n) is 5.96. The summed E-state index contributed by atoms with van der Waals surface area (Å²) in [6.07, 6.45) is 13.1. The van der Waals surface area contributed by atoms with Crippen LogP contribution in [-0.4, -0.2) is 30.6 Å². The van der Waals surface area contributed by atoms with Crippen molar-refractivity contribution in [2.45, 2.75) is 63.8 Å². The summed E-state index contributed by atoms with van der Waals surface area (Å²) in [6.45, 7) is 3.67. The molecule has 104 valence electrons. The van der Waals surface area contributed by atoms with Crippen molar-refractivity contribution in [3.8, 4) is 0 Å². The van der Waals surface area contributed by atoms with Gasteiger partial charge >= 0.3 is 0 Å². The van der Waals surface area contributed by atoms with Crippen LogP contribution in [0.3, 0.4) is 0 Å². The summed E-state index contributed by atoms with van der Waals surface area (Å²) >= 11 is 0. The van der Waals surface area contributed by atoms with E-state index in [4.69, 9.17) is 5.73 Å². The summed E-state index contributed by atoms with van der Waals surface area (Å²) in [5.41, 5.74) is 6.01. The highest BCUT2D eigenvalue weighted by Crippen LogP contribution is 2.39. The summed E-state index contributed by atoms with van der Waals surface area (Å²) in [5.74, 6) is 2.88. The first kappa shape index (κ1) is 12.9. The summed E-state index contributed by atoms with van der Waals surface area (Å²) in [4.78, 5) is 2.84. The van der Waals surface area contributed by atoms with E-state index in [1.165, 1.54) is 70.9 Å². The van der Waals surface area contributed by atoms with Gasteiger partial charge in [-0.25, -0.2) is 0 Å². The molecule has 0 spiro atoms. The van der Waals surface area contributed by atoms with Gasteiger partial charge in [-0.3, -0.25) is 4.90 Å². The van der Waals surface area contributed by atoms with Gasteiger partial charge in [-0.05, 0) is 56.5 Å². The van der Waals surface area contributed by atoms with Crippen LogP contribution >= 0.6 is 0 Å². The molecule has 1 aliphatic heterocycles. The Kier molecular flexibility index (Phi) is 4.25. The largest absolute Gasteiger partial charge is 0.330 e. The van der Waals surface area contributed by atoms with Gasteiger partial charge in [-0.2, -0.15) is 0 Å². The molecular weight excluding hydrogens is 220 g/mol. The fourth-order valence-electron chi connectivity index (χ4n) is 4.87. The average molecular weight is 250 g/mol.